The fourth-order valence-corrected chi connectivity index (χ4v) is 1.45. The number of nitrogens with two attached hydrogens (primary N) is 1. The molecular formula is C10H20N2O2S. The van der Waals surface area contributed by atoms with Crippen molar-refractivity contribution in [2.45, 2.75) is 18.9 Å². The Morgan fingerprint density at radius 2 is 2.47 bits per heavy atom. The van der Waals surface area contributed by atoms with Crippen LogP contribution < -0.4 is 11.1 Å². The van der Waals surface area contributed by atoms with Crippen LogP contribution in [0.1, 0.15) is 12.8 Å². The Bertz CT molecular complexity index is 188. The summed E-state index contributed by atoms with van der Waals surface area (Å²) < 4.78 is 4.92. The standard InChI is InChI=1S/C10H20N2O2S/c1-3-14-7-4-6-12-10(13)9(11)5-8-15-2/h3,9H,1,4-8,11H2,2H3,(H,12,13)/t9-/m1/s1. The largest absolute Gasteiger partial charge is 0.502 e. The van der Waals surface area contributed by atoms with E-state index < -0.39 is 6.04 Å². The molecule has 0 aromatic carbocycles. The monoisotopic (exact) mass is 232 g/mol. The second-order valence-corrected chi connectivity index (χ2v) is 4.06. The van der Waals surface area contributed by atoms with Gasteiger partial charge < -0.3 is 15.8 Å². The van der Waals surface area contributed by atoms with Crippen LogP contribution in [0.25, 0.3) is 0 Å². The molecule has 0 radical (unpaired) electrons. The van der Waals surface area contributed by atoms with Crippen molar-refractivity contribution in [2.75, 3.05) is 25.2 Å². The van der Waals surface area contributed by atoms with Crippen molar-refractivity contribution in [1.29, 1.82) is 0 Å². The van der Waals surface area contributed by atoms with Crippen molar-refractivity contribution in [3.05, 3.63) is 12.8 Å². The number of carbonyl (C=O) groups is 1. The first-order chi connectivity index (χ1) is 7.22. The van der Waals surface area contributed by atoms with Crippen molar-refractivity contribution >= 4 is 17.7 Å². The topological polar surface area (TPSA) is 64.3 Å². The van der Waals surface area contributed by atoms with E-state index in [-0.39, 0.29) is 5.91 Å². The molecule has 0 aromatic heterocycles. The van der Waals surface area contributed by atoms with Gasteiger partial charge in [0.2, 0.25) is 5.91 Å². The molecule has 0 aliphatic rings. The Hall–Kier alpha value is -0.680. The molecule has 0 aliphatic heterocycles. The second-order valence-electron chi connectivity index (χ2n) is 3.07. The number of thioether (sulfide) groups is 1. The minimum atomic E-state index is -0.391. The summed E-state index contributed by atoms with van der Waals surface area (Å²) in [7, 11) is 0. The van der Waals surface area contributed by atoms with Crippen molar-refractivity contribution in [3.8, 4) is 0 Å². The van der Waals surface area contributed by atoms with Crippen molar-refractivity contribution in [3.63, 3.8) is 0 Å². The normalized spacial score (nSPS) is 11.9. The zero-order valence-corrected chi connectivity index (χ0v) is 10.0. The summed E-state index contributed by atoms with van der Waals surface area (Å²) in [4.78, 5) is 11.4. The number of carbonyl (C=O) groups excluding carboxylic acids is 1. The van der Waals surface area contributed by atoms with Gasteiger partial charge in [0, 0.05) is 6.54 Å². The van der Waals surface area contributed by atoms with Crippen LogP contribution in [0.3, 0.4) is 0 Å². The molecule has 3 N–H and O–H groups in total. The summed E-state index contributed by atoms with van der Waals surface area (Å²) in [5.74, 6) is 0.830. The predicted octanol–water partition coefficient (Wildman–Crippen LogP) is 0.733. The number of nitrogens with one attached hydrogen (secondary N) is 1. The first kappa shape index (κ1) is 14.3. The van der Waals surface area contributed by atoms with Gasteiger partial charge in [0.25, 0.3) is 0 Å². The fourth-order valence-electron chi connectivity index (χ4n) is 0.957. The molecule has 15 heavy (non-hydrogen) atoms. The van der Waals surface area contributed by atoms with Crippen LogP contribution in [-0.4, -0.2) is 37.1 Å². The van der Waals surface area contributed by atoms with E-state index in [2.05, 4.69) is 11.9 Å². The van der Waals surface area contributed by atoms with Gasteiger partial charge in [-0.05, 0) is 24.9 Å². The minimum Gasteiger partial charge on any atom is -0.502 e. The molecule has 0 unspecified atom stereocenters. The highest BCUT2D eigenvalue weighted by molar-refractivity contribution is 7.98. The molecule has 1 amide bonds. The van der Waals surface area contributed by atoms with E-state index >= 15 is 0 Å². The molecule has 0 heterocycles. The molecule has 1 atom stereocenters. The fraction of sp³-hybridized carbons (Fsp3) is 0.700. The van der Waals surface area contributed by atoms with E-state index in [1.165, 1.54) is 6.26 Å². The lowest BCUT2D eigenvalue weighted by molar-refractivity contribution is -0.122. The van der Waals surface area contributed by atoms with Gasteiger partial charge in [-0.2, -0.15) is 11.8 Å². The predicted molar refractivity (Wildman–Crippen MR) is 64.8 cm³/mol. The molecule has 88 valence electrons. The van der Waals surface area contributed by atoms with Crippen molar-refractivity contribution in [1.82, 2.24) is 5.32 Å². The molecule has 0 rings (SSSR count). The SMILES string of the molecule is C=COCCCNC(=O)[C@H](N)CCSC. The third-order valence-electron chi connectivity index (χ3n) is 1.83. The molecule has 0 bridgehead atoms. The highest BCUT2D eigenvalue weighted by atomic mass is 32.2. The van der Waals surface area contributed by atoms with Crippen LogP contribution in [-0.2, 0) is 9.53 Å². The molecule has 0 spiro atoms. The minimum absolute atomic E-state index is 0.0809. The van der Waals surface area contributed by atoms with E-state index in [0.717, 1.165) is 18.6 Å². The van der Waals surface area contributed by atoms with Crippen LogP contribution in [0.4, 0.5) is 0 Å². The van der Waals surface area contributed by atoms with Gasteiger partial charge in [-0.15, -0.1) is 0 Å². The highest BCUT2D eigenvalue weighted by Gasteiger charge is 2.11. The van der Waals surface area contributed by atoms with E-state index in [0.29, 0.717) is 13.2 Å². The van der Waals surface area contributed by atoms with Gasteiger partial charge >= 0.3 is 0 Å². The summed E-state index contributed by atoms with van der Waals surface area (Å²) in [6, 6.07) is -0.391. The summed E-state index contributed by atoms with van der Waals surface area (Å²) >= 11 is 1.69. The van der Waals surface area contributed by atoms with Gasteiger partial charge in [0.15, 0.2) is 0 Å². The Balaban J connectivity index is 3.42. The molecule has 0 saturated heterocycles. The molecule has 5 heteroatoms. The highest BCUT2D eigenvalue weighted by Crippen LogP contribution is 1.98. The van der Waals surface area contributed by atoms with Crippen molar-refractivity contribution < 1.29 is 9.53 Å². The number of amides is 1. The van der Waals surface area contributed by atoms with Gasteiger partial charge in [0.1, 0.15) is 0 Å². The summed E-state index contributed by atoms with van der Waals surface area (Å²) in [5, 5.41) is 2.76. The zero-order valence-electron chi connectivity index (χ0n) is 9.20. The molecule has 0 aromatic rings. The Morgan fingerprint density at radius 1 is 1.73 bits per heavy atom. The van der Waals surface area contributed by atoms with Crippen molar-refractivity contribution in [2.24, 2.45) is 5.73 Å². The maximum atomic E-state index is 11.4. The molecule has 4 nitrogen and oxygen atoms in total. The van der Waals surface area contributed by atoms with Crippen LogP contribution in [0, 0.1) is 0 Å². The quantitative estimate of drug-likeness (QED) is 0.454. The van der Waals surface area contributed by atoms with Gasteiger partial charge in [0.05, 0.1) is 18.9 Å². The zero-order chi connectivity index (χ0) is 11.5. The maximum Gasteiger partial charge on any atom is 0.236 e. The summed E-state index contributed by atoms with van der Waals surface area (Å²) in [6.07, 6.45) is 4.88. The van der Waals surface area contributed by atoms with Crippen LogP contribution in [0.2, 0.25) is 0 Å². The summed E-state index contributed by atoms with van der Waals surface area (Å²) in [5.41, 5.74) is 5.67. The molecule has 0 fully saturated rings. The Kier molecular flexibility index (Phi) is 9.41. The van der Waals surface area contributed by atoms with Crippen LogP contribution in [0.15, 0.2) is 12.8 Å². The number of hydrogen-bond donors (Lipinski definition) is 2. The van der Waals surface area contributed by atoms with Gasteiger partial charge in [-0.3, -0.25) is 4.79 Å². The lowest BCUT2D eigenvalue weighted by Crippen LogP contribution is -2.41. The number of hydrogen-bond acceptors (Lipinski definition) is 4. The lowest BCUT2D eigenvalue weighted by Gasteiger charge is -2.11. The van der Waals surface area contributed by atoms with E-state index in [9.17, 15) is 4.79 Å². The molecule has 0 saturated carbocycles. The van der Waals surface area contributed by atoms with Gasteiger partial charge in [-0.1, -0.05) is 6.58 Å². The first-order valence-electron chi connectivity index (χ1n) is 4.97. The molecule has 0 aliphatic carbocycles. The van der Waals surface area contributed by atoms with E-state index in [4.69, 9.17) is 10.5 Å². The second kappa shape index (κ2) is 9.86. The van der Waals surface area contributed by atoms with E-state index in [1.54, 1.807) is 11.8 Å². The Morgan fingerprint density at radius 3 is 3.07 bits per heavy atom. The first-order valence-corrected chi connectivity index (χ1v) is 6.36. The number of rotatable bonds is 9. The van der Waals surface area contributed by atoms with Crippen LogP contribution in [0.5, 0.6) is 0 Å². The van der Waals surface area contributed by atoms with Gasteiger partial charge in [-0.25, -0.2) is 0 Å². The average Bonchev–Trinajstić information content (AvgIpc) is 2.25. The summed E-state index contributed by atoms with van der Waals surface area (Å²) in [6.45, 7) is 4.59. The maximum absolute atomic E-state index is 11.4. The third-order valence-corrected chi connectivity index (χ3v) is 2.47. The average molecular weight is 232 g/mol. The van der Waals surface area contributed by atoms with Crippen LogP contribution >= 0.6 is 11.8 Å². The third kappa shape index (κ3) is 8.32. The molecular weight excluding hydrogens is 212 g/mol. The smallest absolute Gasteiger partial charge is 0.236 e. The Labute approximate surface area is 95.6 Å². The lowest BCUT2D eigenvalue weighted by atomic mass is 10.2. The number of ether oxygens (including phenoxy) is 1. The van der Waals surface area contributed by atoms with E-state index in [1.807, 2.05) is 6.26 Å².